The molecule has 1 aromatic rings. The highest BCUT2D eigenvalue weighted by atomic mass is 32.2. The topological polar surface area (TPSA) is 76.2 Å². The molecule has 1 atom stereocenters. The van der Waals surface area contributed by atoms with Crippen LogP contribution in [-0.4, -0.2) is 81.6 Å². The Bertz CT molecular complexity index is 757. The summed E-state index contributed by atoms with van der Waals surface area (Å²) in [4.78, 5) is 16.8. The van der Waals surface area contributed by atoms with Gasteiger partial charge in [0.1, 0.15) is 0 Å². The van der Waals surface area contributed by atoms with Crippen LogP contribution in [0.2, 0.25) is 0 Å². The third-order valence-corrected chi connectivity index (χ3v) is 6.79. The van der Waals surface area contributed by atoms with Crippen molar-refractivity contribution in [1.82, 2.24) is 9.80 Å². The summed E-state index contributed by atoms with van der Waals surface area (Å²) < 4.78 is 34.1. The van der Waals surface area contributed by atoms with E-state index < -0.39 is 9.84 Å². The molecule has 2 saturated heterocycles. The molecule has 0 spiro atoms. The number of amides is 1. The average Bonchev–Trinajstić information content (AvgIpc) is 3.01. The molecule has 26 heavy (non-hydrogen) atoms. The Morgan fingerprint density at radius 3 is 2.50 bits per heavy atom. The molecule has 2 fully saturated rings. The van der Waals surface area contributed by atoms with Gasteiger partial charge in [0.2, 0.25) is 0 Å². The molecule has 3 rings (SSSR count). The van der Waals surface area contributed by atoms with E-state index >= 15 is 0 Å². The highest BCUT2D eigenvalue weighted by molar-refractivity contribution is 7.91. The Morgan fingerprint density at radius 2 is 1.92 bits per heavy atom. The van der Waals surface area contributed by atoms with Crippen molar-refractivity contribution in [2.24, 2.45) is 0 Å². The van der Waals surface area contributed by atoms with E-state index in [1.165, 1.54) is 0 Å². The van der Waals surface area contributed by atoms with E-state index in [0.29, 0.717) is 56.3 Å². The van der Waals surface area contributed by atoms with E-state index in [1.54, 1.807) is 25.3 Å². The van der Waals surface area contributed by atoms with Crippen LogP contribution < -0.4 is 9.47 Å². The third-order valence-electron chi connectivity index (χ3n) is 5.04. The number of ether oxygens (including phenoxy) is 2. The number of methoxy groups -OCH3 is 1. The first-order chi connectivity index (χ1) is 12.4. The van der Waals surface area contributed by atoms with Gasteiger partial charge in [-0.05, 0) is 31.5 Å². The Labute approximate surface area is 154 Å². The van der Waals surface area contributed by atoms with Gasteiger partial charge in [-0.2, -0.15) is 0 Å². The van der Waals surface area contributed by atoms with Gasteiger partial charge < -0.3 is 14.4 Å². The molecule has 0 aromatic heterocycles. The fraction of sp³-hybridized carbons (Fsp3) is 0.611. The number of rotatable bonds is 5. The van der Waals surface area contributed by atoms with Crippen LogP contribution in [0.25, 0.3) is 0 Å². The van der Waals surface area contributed by atoms with Crippen molar-refractivity contribution in [2.75, 3.05) is 51.4 Å². The van der Waals surface area contributed by atoms with Crippen LogP contribution in [0.3, 0.4) is 0 Å². The standard InChI is InChI=1S/C18H26N2O5S/c1-3-25-16-5-4-14(12-17(16)24-2)18(21)20-9-7-19(8-10-20)15-6-11-26(22,23)13-15/h4-5,12,15H,3,6-11,13H2,1-2H3/t15-/m1/s1. The van der Waals surface area contributed by atoms with Crippen LogP contribution in [-0.2, 0) is 9.84 Å². The van der Waals surface area contributed by atoms with Gasteiger partial charge in [0.05, 0.1) is 25.2 Å². The van der Waals surface area contributed by atoms with E-state index in [0.717, 1.165) is 0 Å². The molecule has 0 aliphatic carbocycles. The van der Waals surface area contributed by atoms with E-state index in [9.17, 15) is 13.2 Å². The number of hydrogen-bond donors (Lipinski definition) is 0. The van der Waals surface area contributed by atoms with Gasteiger partial charge in [0.25, 0.3) is 5.91 Å². The van der Waals surface area contributed by atoms with E-state index in [4.69, 9.17) is 9.47 Å². The van der Waals surface area contributed by atoms with Crippen molar-refractivity contribution in [3.8, 4) is 11.5 Å². The van der Waals surface area contributed by atoms with Crippen LogP contribution in [0.1, 0.15) is 23.7 Å². The van der Waals surface area contributed by atoms with Crippen LogP contribution in [0.4, 0.5) is 0 Å². The first kappa shape index (κ1) is 19.0. The molecule has 1 amide bonds. The zero-order chi connectivity index (χ0) is 18.7. The first-order valence-electron chi connectivity index (χ1n) is 8.98. The van der Waals surface area contributed by atoms with Crippen molar-refractivity contribution < 1.29 is 22.7 Å². The highest BCUT2D eigenvalue weighted by Gasteiger charge is 2.34. The quantitative estimate of drug-likeness (QED) is 0.757. The highest BCUT2D eigenvalue weighted by Crippen LogP contribution is 2.29. The molecule has 1 aromatic carbocycles. The number of nitrogens with zero attached hydrogens (tertiary/aromatic N) is 2. The minimum atomic E-state index is -2.88. The molecule has 0 saturated carbocycles. The summed E-state index contributed by atoms with van der Waals surface area (Å²) in [7, 11) is -1.33. The summed E-state index contributed by atoms with van der Waals surface area (Å²) in [6.45, 7) is 5.05. The van der Waals surface area contributed by atoms with Crippen LogP contribution in [0.15, 0.2) is 18.2 Å². The molecule has 0 radical (unpaired) electrons. The average molecular weight is 382 g/mol. The maximum absolute atomic E-state index is 12.8. The van der Waals surface area contributed by atoms with Crippen molar-refractivity contribution in [3.05, 3.63) is 23.8 Å². The first-order valence-corrected chi connectivity index (χ1v) is 10.8. The van der Waals surface area contributed by atoms with Crippen LogP contribution >= 0.6 is 0 Å². The van der Waals surface area contributed by atoms with Crippen LogP contribution in [0, 0.1) is 0 Å². The molecule has 2 aliphatic rings. The second kappa shape index (κ2) is 7.84. The lowest BCUT2D eigenvalue weighted by molar-refractivity contribution is 0.0587. The van der Waals surface area contributed by atoms with Crippen LogP contribution in [0.5, 0.6) is 11.5 Å². The second-order valence-electron chi connectivity index (χ2n) is 6.68. The van der Waals surface area contributed by atoms with Gasteiger partial charge in [-0.25, -0.2) is 8.42 Å². The summed E-state index contributed by atoms with van der Waals surface area (Å²) in [5.74, 6) is 1.66. The number of hydrogen-bond acceptors (Lipinski definition) is 6. The zero-order valence-corrected chi connectivity index (χ0v) is 16.1. The predicted octanol–water partition coefficient (Wildman–Crippen LogP) is 1.04. The summed E-state index contributed by atoms with van der Waals surface area (Å²) in [6.07, 6.45) is 0.701. The van der Waals surface area contributed by atoms with E-state index in [1.807, 2.05) is 11.8 Å². The van der Waals surface area contributed by atoms with Gasteiger partial charge in [-0.15, -0.1) is 0 Å². The van der Waals surface area contributed by atoms with Crippen molar-refractivity contribution in [2.45, 2.75) is 19.4 Å². The fourth-order valence-corrected chi connectivity index (χ4v) is 5.37. The molecular formula is C18H26N2O5S. The monoisotopic (exact) mass is 382 g/mol. The van der Waals surface area contributed by atoms with Crippen molar-refractivity contribution >= 4 is 15.7 Å². The van der Waals surface area contributed by atoms with Crippen molar-refractivity contribution in [1.29, 1.82) is 0 Å². The normalized spacial score (nSPS) is 23.0. The van der Waals surface area contributed by atoms with Gasteiger partial charge in [-0.3, -0.25) is 9.69 Å². The molecule has 0 N–H and O–H groups in total. The number of benzene rings is 1. The number of sulfone groups is 1. The minimum Gasteiger partial charge on any atom is -0.493 e. The predicted molar refractivity (Wildman–Crippen MR) is 98.7 cm³/mol. The van der Waals surface area contributed by atoms with Gasteiger partial charge in [0.15, 0.2) is 21.3 Å². The lowest BCUT2D eigenvalue weighted by Crippen LogP contribution is -2.52. The van der Waals surface area contributed by atoms with E-state index in [2.05, 4.69) is 4.90 Å². The molecule has 144 valence electrons. The molecule has 2 heterocycles. The summed E-state index contributed by atoms with van der Waals surface area (Å²) in [5.41, 5.74) is 0.571. The maximum atomic E-state index is 12.8. The summed E-state index contributed by atoms with van der Waals surface area (Å²) >= 11 is 0. The molecule has 7 nitrogen and oxygen atoms in total. The lowest BCUT2D eigenvalue weighted by atomic mass is 10.1. The van der Waals surface area contributed by atoms with Gasteiger partial charge in [-0.1, -0.05) is 0 Å². The van der Waals surface area contributed by atoms with Gasteiger partial charge >= 0.3 is 0 Å². The lowest BCUT2D eigenvalue weighted by Gasteiger charge is -2.37. The number of carbonyl (C=O) groups excluding carboxylic acids is 1. The molecule has 0 bridgehead atoms. The molecule has 8 heteroatoms. The smallest absolute Gasteiger partial charge is 0.254 e. The maximum Gasteiger partial charge on any atom is 0.254 e. The summed E-state index contributed by atoms with van der Waals surface area (Å²) in [5, 5.41) is 0. The Kier molecular flexibility index (Phi) is 5.72. The Balaban J connectivity index is 1.62. The Morgan fingerprint density at radius 1 is 1.19 bits per heavy atom. The second-order valence-corrected chi connectivity index (χ2v) is 8.91. The largest absolute Gasteiger partial charge is 0.493 e. The minimum absolute atomic E-state index is 0.0370. The fourth-order valence-electron chi connectivity index (χ4n) is 3.61. The summed E-state index contributed by atoms with van der Waals surface area (Å²) in [6, 6.07) is 5.33. The molecule has 2 aliphatic heterocycles. The third kappa shape index (κ3) is 4.12. The molecular weight excluding hydrogens is 356 g/mol. The Hall–Kier alpha value is -1.80. The number of piperazine rings is 1. The number of carbonyl (C=O) groups is 1. The van der Waals surface area contributed by atoms with E-state index in [-0.39, 0.29) is 23.5 Å². The van der Waals surface area contributed by atoms with Gasteiger partial charge in [0, 0.05) is 37.8 Å². The zero-order valence-electron chi connectivity index (χ0n) is 15.3. The SMILES string of the molecule is CCOc1ccc(C(=O)N2CCN([C@@H]3CCS(=O)(=O)C3)CC2)cc1OC. The molecule has 0 unspecified atom stereocenters. The van der Waals surface area contributed by atoms with Crippen molar-refractivity contribution in [3.63, 3.8) is 0 Å².